The molecule has 2 aliphatic rings. The SMILES string of the molecule is CN(C1CCCCC1)S(=O)(=O)c1ccc(C(=O)N2CCCC2C(=O)O)cc1. The standard InChI is InChI=1S/C19H26N2O5S/c1-20(15-6-3-2-4-7-15)27(25,26)16-11-9-14(10-12-16)18(22)21-13-5-8-17(21)19(23)24/h9-12,15,17H,2-8,13H2,1H3,(H,23,24). The van der Waals surface area contributed by atoms with E-state index >= 15 is 0 Å². The van der Waals surface area contributed by atoms with Gasteiger partial charge in [-0.3, -0.25) is 4.79 Å². The van der Waals surface area contributed by atoms with Crippen molar-refractivity contribution in [2.45, 2.75) is 61.9 Å². The van der Waals surface area contributed by atoms with Gasteiger partial charge < -0.3 is 10.0 Å². The van der Waals surface area contributed by atoms with Gasteiger partial charge in [-0.25, -0.2) is 13.2 Å². The van der Waals surface area contributed by atoms with Crippen LogP contribution in [-0.4, -0.2) is 60.3 Å². The van der Waals surface area contributed by atoms with Crippen molar-refractivity contribution >= 4 is 21.9 Å². The topological polar surface area (TPSA) is 95.0 Å². The highest BCUT2D eigenvalue weighted by atomic mass is 32.2. The number of amides is 1. The van der Waals surface area contributed by atoms with E-state index in [2.05, 4.69) is 0 Å². The van der Waals surface area contributed by atoms with Crippen LogP contribution in [-0.2, 0) is 14.8 Å². The van der Waals surface area contributed by atoms with E-state index < -0.39 is 22.0 Å². The van der Waals surface area contributed by atoms with Gasteiger partial charge in [0.2, 0.25) is 10.0 Å². The summed E-state index contributed by atoms with van der Waals surface area (Å²) in [5.41, 5.74) is 0.308. The molecule has 1 heterocycles. The Morgan fingerprint density at radius 3 is 2.26 bits per heavy atom. The summed E-state index contributed by atoms with van der Waals surface area (Å²) in [6.07, 6.45) is 6.07. The summed E-state index contributed by atoms with van der Waals surface area (Å²) in [6, 6.07) is 5.04. The van der Waals surface area contributed by atoms with Crippen molar-refractivity contribution in [2.24, 2.45) is 0 Å². The van der Waals surface area contributed by atoms with Crippen LogP contribution in [0.3, 0.4) is 0 Å². The molecule has 27 heavy (non-hydrogen) atoms. The predicted octanol–water partition coefficient (Wildman–Crippen LogP) is 2.33. The van der Waals surface area contributed by atoms with Gasteiger partial charge in [0.25, 0.3) is 5.91 Å². The number of hydrogen-bond acceptors (Lipinski definition) is 4. The molecule has 148 valence electrons. The van der Waals surface area contributed by atoms with Crippen LogP contribution in [0.15, 0.2) is 29.2 Å². The molecule has 0 aromatic heterocycles. The molecule has 1 aliphatic carbocycles. The lowest BCUT2D eigenvalue weighted by Gasteiger charge is -2.30. The molecule has 1 aromatic rings. The molecule has 1 saturated heterocycles. The van der Waals surface area contributed by atoms with E-state index in [4.69, 9.17) is 0 Å². The quantitative estimate of drug-likeness (QED) is 0.827. The summed E-state index contributed by atoms with van der Waals surface area (Å²) in [7, 11) is -1.99. The average molecular weight is 394 g/mol. The highest BCUT2D eigenvalue weighted by molar-refractivity contribution is 7.89. The Bertz CT molecular complexity index is 800. The van der Waals surface area contributed by atoms with E-state index in [1.165, 1.54) is 33.5 Å². The second kappa shape index (κ2) is 7.98. The molecule has 1 amide bonds. The molecule has 3 rings (SSSR count). The van der Waals surface area contributed by atoms with Gasteiger partial charge in [0.1, 0.15) is 6.04 Å². The van der Waals surface area contributed by atoms with Crippen molar-refractivity contribution < 1.29 is 23.1 Å². The zero-order valence-corrected chi connectivity index (χ0v) is 16.3. The van der Waals surface area contributed by atoms with E-state index in [0.29, 0.717) is 24.9 Å². The molecule has 1 aliphatic heterocycles. The lowest BCUT2D eigenvalue weighted by atomic mass is 9.96. The molecule has 1 N–H and O–H groups in total. The summed E-state index contributed by atoms with van der Waals surface area (Å²) in [6.45, 7) is 0.403. The number of carbonyl (C=O) groups is 2. The lowest BCUT2D eigenvalue weighted by Crippen LogP contribution is -2.40. The van der Waals surface area contributed by atoms with Crippen molar-refractivity contribution in [1.82, 2.24) is 9.21 Å². The molecule has 0 radical (unpaired) electrons. The van der Waals surface area contributed by atoms with Crippen molar-refractivity contribution in [3.05, 3.63) is 29.8 Å². The fourth-order valence-electron chi connectivity index (χ4n) is 4.01. The Morgan fingerprint density at radius 2 is 1.67 bits per heavy atom. The molecule has 1 unspecified atom stereocenters. The van der Waals surface area contributed by atoms with Gasteiger partial charge in [-0.1, -0.05) is 19.3 Å². The lowest BCUT2D eigenvalue weighted by molar-refractivity contribution is -0.141. The van der Waals surface area contributed by atoms with Crippen LogP contribution in [0, 0.1) is 0 Å². The fraction of sp³-hybridized carbons (Fsp3) is 0.579. The van der Waals surface area contributed by atoms with Crippen LogP contribution in [0.1, 0.15) is 55.3 Å². The maximum atomic E-state index is 12.9. The third-order valence-electron chi connectivity index (χ3n) is 5.67. The number of rotatable bonds is 5. The maximum Gasteiger partial charge on any atom is 0.326 e. The Hall–Kier alpha value is -1.93. The summed E-state index contributed by atoms with van der Waals surface area (Å²) in [5, 5.41) is 9.24. The molecule has 1 aromatic carbocycles. The monoisotopic (exact) mass is 394 g/mol. The Kier molecular flexibility index (Phi) is 5.86. The molecular weight excluding hydrogens is 368 g/mol. The summed E-state index contributed by atoms with van der Waals surface area (Å²) in [4.78, 5) is 25.4. The van der Waals surface area contributed by atoms with Crippen LogP contribution in [0.5, 0.6) is 0 Å². The smallest absolute Gasteiger partial charge is 0.326 e. The number of carboxylic acids is 1. The Labute approximate surface area is 160 Å². The number of aliphatic carboxylic acids is 1. The van der Waals surface area contributed by atoms with Crippen molar-refractivity contribution in [1.29, 1.82) is 0 Å². The fourth-order valence-corrected chi connectivity index (χ4v) is 5.42. The second-order valence-corrected chi connectivity index (χ2v) is 9.33. The van der Waals surface area contributed by atoms with E-state index in [-0.39, 0.29) is 16.8 Å². The number of hydrogen-bond donors (Lipinski definition) is 1. The highest BCUT2D eigenvalue weighted by Crippen LogP contribution is 2.27. The number of benzene rings is 1. The van der Waals surface area contributed by atoms with Gasteiger partial charge >= 0.3 is 5.97 Å². The van der Waals surface area contributed by atoms with E-state index in [1.54, 1.807) is 7.05 Å². The zero-order chi connectivity index (χ0) is 19.6. The average Bonchev–Trinajstić information content (AvgIpc) is 3.18. The van der Waals surface area contributed by atoms with E-state index in [0.717, 1.165) is 32.1 Å². The third-order valence-corrected chi connectivity index (χ3v) is 7.59. The first kappa shape index (κ1) is 19.8. The van der Waals surface area contributed by atoms with Crippen molar-refractivity contribution in [3.63, 3.8) is 0 Å². The number of nitrogens with zero attached hydrogens (tertiary/aromatic N) is 2. The molecule has 0 spiro atoms. The number of carbonyl (C=O) groups excluding carboxylic acids is 1. The van der Waals surface area contributed by atoms with Crippen LogP contribution in [0.4, 0.5) is 0 Å². The normalized spacial score (nSPS) is 21.6. The van der Waals surface area contributed by atoms with Gasteiger partial charge in [0.15, 0.2) is 0 Å². The number of carboxylic acid groups (broad SMARTS) is 1. The molecule has 0 bridgehead atoms. The molecule has 2 fully saturated rings. The molecule has 1 atom stereocenters. The summed E-state index contributed by atoms with van der Waals surface area (Å²) in [5.74, 6) is -1.38. The van der Waals surface area contributed by atoms with Gasteiger partial charge in [-0.2, -0.15) is 4.31 Å². The van der Waals surface area contributed by atoms with Crippen LogP contribution < -0.4 is 0 Å². The van der Waals surface area contributed by atoms with Crippen LogP contribution in [0.2, 0.25) is 0 Å². The minimum atomic E-state index is -3.61. The van der Waals surface area contributed by atoms with Gasteiger partial charge in [-0.05, 0) is 49.9 Å². The van der Waals surface area contributed by atoms with E-state index in [1.807, 2.05) is 0 Å². The number of sulfonamides is 1. The second-order valence-electron chi connectivity index (χ2n) is 7.33. The van der Waals surface area contributed by atoms with Crippen LogP contribution in [0.25, 0.3) is 0 Å². The Balaban J connectivity index is 1.76. The van der Waals surface area contributed by atoms with Crippen molar-refractivity contribution in [2.75, 3.05) is 13.6 Å². The predicted molar refractivity (Wildman–Crippen MR) is 100.0 cm³/mol. The molecule has 8 heteroatoms. The summed E-state index contributed by atoms with van der Waals surface area (Å²) >= 11 is 0. The van der Waals surface area contributed by atoms with Crippen LogP contribution >= 0.6 is 0 Å². The van der Waals surface area contributed by atoms with Gasteiger partial charge in [0, 0.05) is 25.2 Å². The minimum Gasteiger partial charge on any atom is -0.480 e. The Morgan fingerprint density at radius 1 is 1.04 bits per heavy atom. The summed E-state index contributed by atoms with van der Waals surface area (Å²) < 4.78 is 27.2. The largest absolute Gasteiger partial charge is 0.480 e. The first-order chi connectivity index (χ1) is 12.8. The minimum absolute atomic E-state index is 0.0194. The maximum absolute atomic E-state index is 12.9. The molecular formula is C19H26N2O5S. The highest BCUT2D eigenvalue weighted by Gasteiger charge is 2.35. The van der Waals surface area contributed by atoms with E-state index in [9.17, 15) is 23.1 Å². The molecule has 7 nitrogen and oxygen atoms in total. The zero-order valence-electron chi connectivity index (χ0n) is 15.5. The number of likely N-dealkylation sites (tertiary alicyclic amines) is 1. The van der Waals surface area contributed by atoms with Gasteiger partial charge in [-0.15, -0.1) is 0 Å². The third kappa shape index (κ3) is 4.01. The molecule has 1 saturated carbocycles. The van der Waals surface area contributed by atoms with Gasteiger partial charge in [0.05, 0.1) is 4.90 Å². The first-order valence-corrected chi connectivity index (χ1v) is 10.9. The van der Waals surface area contributed by atoms with Crippen molar-refractivity contribution in [3.8, 4) is 0 Å². The first-order valence-electron chi connectivity index (χ1n) is 9.44.